The van der Waals surface area contributed by atoms with Crippen LogP contribution in [0.3, 0.4) is 0 Å². The van der Waals surface area contributed by atoms with Crippen LogP contribution in [0.25, 0.3) is 0 Å². The second-order valence-corrected chi connectivity index (χ2v) is 7.62. The van der Waals surface area contributed by atoms with Crippen LogP contribution in [0.5, 0.6) is 0 Å². The second kappa shape index (κ2) is 5.91. The summed E-state index contributed by atoms with van der Waals surface area (Å²) >= 11 is 12.6. The molecule has 0 aliphatic carbocycles. The predicted molar refractivity (Wildman–Crippen MR) is 89.5 cm³/mol. The number of nitrogens with two attached hydrogens (primary N) is 1. The van der Waals surface area contributed by atoms with E-state index in [-0.39, 0.29) is 6.09 Å². The molecule has 1 atom stereocenters. The van der Waals surface area contributed by atoms with E-state index < -0.39 is 11.1 Å². The van der Waals surface area contributed by atoms with Crippen molar-refractivity contribution in [2.75, 3.05) is 13.1 Å². The Labute approximate surface area is 141 Å². The van der Waals surface area contributed by atoms with Crippen LogP contribution in [0.2, 0.25) is 10.0 Å². The Balaban J connectivity index is 2.21. The first-order valence-corrected chi connectivity index (χ1v) is 8.01. The molecule has 1 aromatic rings. The van der Waals surface area contributed by atoms with E-state index in [1.165, 1.54) is 0 Å². The van der Waals surface area contributed by atoms with E-state index in [2.05, 4.69) is 0 Å². The summed E-state index contributed by atoms with van der Waals surface area (Å²) in [7, 11) is 0. The molecular weight excluding hydrogens is 323 g/mol. The van der Waals surface area contributed by atoms with Gasteiger partial charge in [0.05, 0.1) is 15.6 Å². The fourth-order valence-electron chi connectivity index (χ4n) is 2.57. The van der Waals surface area contributed by atoms with Gasteiger partial charge in [0.25, 0.3) is 0 Å². The summed E-state index contributed by atoms with van der Waals surface area (Å²) in [6.45, 7) is 8.31. The highest BCUT2D eigenvalue weighted by Crippen LogP contribution is 2.38. The Morgan fingerprint density at radius 2 is 1.95 bits per heavy atom. The predicted octanol–water partition coefficient (Wildman–Crippen LogP) is 4.10. The minimum Gasteiger partial charge on any atom is -0.444 e. The van der Waals surface area contributed by atoms with Gasteiger partial charge in [0.15, 0.2) is 0 Å². The van der Waals surface area contributed by atoms with E-state index in [0.29, 0.717) is 29.6 Å². The molecule has 2 N–H and O–H groups in total. The first kappa shape index (κ1) is 17.4. The molecule has 1 saturated heterocycles. The largest absolute Gasteiger partial charge is 0.444 e. The minimum atomic E-state index is -0.703. The molecule has 1 amide bonds. The summed E-state index contributed by atoms with van der Waals surface area (Å²) in [5.41, 5.74) is 6.95. The molecule has 6 heteroatoms. The van der Waals surface area contributed by atoms with Crippen LogP contribution in [0.15, 0.2) is 12.1 Å². The minimum absolute atomic E-state index is 0.353. The summed E-state index contributed by atoms with van der Waals surface area (Å²) in [6, 6.07) is 3.79. The number of ether oxygens (including phenoxy) is 1. The first-order valence-electron chi connectivity index (χ1n) is 7.25. The van der Waals surface area contributed by atoms with Gasteiger partial charge in [-0.3, -0.25) is 0 Å². The van der Waals surface area contributed by atoms with Crippen LogP contribution >= 0.6 is 23.2 Å². The average Bonchev–Trinajstić information content (AvgIpc) is 2.78. The molecule has 4 nitrogen and oxygen atoms in total. The summed E-state index contributed by atoms with van der Waals surface area (Å²) in [6.07, 6.45) is 0.264. The van der Waals surface area contributed by atoms with Gasteiger partial charge in [-0.05, 0) is 45.2 Å². The lowest BCUT2D eigenvalue weighted by atomic mass is 9.89. The zero-order valence-electron chi connectivity index (χ0n) is 13.4. The van der Waals surface area contributed by atoms with Crippen LogP contribution in [0, 0.1) is 6.92 Å². The SMILES string of the molecule is Cc1ccc([C@@]2(N)CCN(C(=O)OC(C)(C)C)C2)c(Cl)c1Cl. The summed E-state index contributed by atoms with van der Waals surface area (Å²) in [4.78, 5) is 13.8. The van der Waals surface area contributed by atoms with Crippen LogP contribution in [0.1, 0.15) is 38.3 Å². The Morgan fingerprint density at radius 1 is 1.32 bits per heavy atom. The molecule has 0 bridgehead atoms. The molecule has 1 aromatic carbocycles. The average molecular weight is 345 g/mol. The Morgan fingerprint density at radius 3 is 2.55 bits per heavy atom. The van der Waals surface area contributed by atoms with Gasteiger partial charge < -0.3 is 15.4 Å². The molecule has 1 heterocycles. The van der Waals surface area contributed by atoms with Crippen molar-refractivity contribution in [1.29, 1.82) is 0 Å². The maximum Gasteiger partial charge on any atom is 0.410 e. The quantitative estimate of drug-likeness (QED) is 0.834. The molecular formula is C16H22Cl2N2O2. The van der Waals surface area contributed by atoms with Crippen LogP contribution in [0.4, 0.5) is 4.79 Å². The second-order valence-electron chi connectivity index (χ2n) is 6.87. The number of hydrogen-bond donors (Lipinski definition) is 1. The number of carbonyl (C=O) groups is 1. The third-order valence-electron chi connectivity index (χ3n) is 3.76. The third kappa shape index (κ3) is 3.50. The van der Waals surface area contributed by atoms with Crippen molar-refractivity contribution in [3.63, 3.8) is 0 Å². The highest BCUT2D eigenvalue weighted by molar-refractivity contribution is 6.43. The van der Waals surface area contributed by atoms with Gasteiger partial charge in [0, 0.05) is 13.1 Å². The molecule has 0 unspecified atom stereocenters. The number of benzene rings is 1. The lowest BCUT2D eigenvalue weighted by Gasteiger charge is -2.28. The number of nitrogens with zero attached hydrogens (tertiary/aromatic N) is 1. The highest BCUT2D eigenvalue weighted by atomic mass is 35.5. The van der Waals surface area contributed by atoms with Crippen molar-refractivity contribution in [2.45, 2.75) is 45.3 Å². The van der Waals surface area contributed by atoms with E-state index in [1.807, 2.05) is 39.8 Å². The van der Waals surface area contributed by atoms with Crippen LogP contribution < -0.4 is 5.73 Å². The molecule has 1 aliphatic heterocycles. The van der Waals surface area contributed by atoms with Gasteiger partial charge in [-0.2, -0.15) is 0 Å². The van der Waals surface area contributed by atoms with Gasteiger partial charge in [-0.25, -0.2) is 4.79 Å². The molecule has 22 heavy (non-hydrogen) atoms. The molecule has 2 rings (SSSR count). The lowest BCUT2D eigenvalue weighted by molar-refractivity contribution is 0.0284. The number of rotatable bonds is 1. The molecule has 0 aromatic heterocycles. The summed E-state index contributed by atoms with van der Waals surface area (Å²) in [5, 5.41) is 0.981. The number of halogens is 2. The lowest BCUT2D eigenvalue weighted by Crippen LogP contribution is -2.42. The zero-order chi connectivity index (χ0) is 16.7. The zero-order valence-corrected chi connectivity index (χ0v) is 14.9. The van der Waals surface area contributed by atoms with E-state index in [9.17, 15) is 4.79 Å². The van der Waals surface area contributed by atoms with Crippen LogP contribution in [-0.4, -0.2) is 29.7 Å². The number of likely N-dealkylation sites (tertiary alicyclic amines) is 1. The van der Waals surface area contributed by atoms with Crippen LogP contribution in [-0.2, 0) is 10.3 Å². The van der Waals surface area contributed by atoms with E-state index in [4.69, 9.17) is 33.7 Å². The molecule has 1 fully saturated rings. The van der Waals surface area contributed by atoms with E-state index in [1.54, 1.807) is 4.90 Å². The summed E-state index contributed by atoms with van der Waals surface area (Å²) < 4.78 is 5.40. The molecule has 0 saturated carbocycles. The monoisotopic (exact) mass is 344 g/mol. The molecule has 1 aliphatic rings. The maximum absolute atomic E-state index is 12.2. The van der Waals surface area contributed by atoms with Gasteiger partial charge in [-0.15, -0.1) is 0 Å². The van der Waals surface area contributed by atoms with Crippen molar-refractivity contribution in [3.05, 3.63) is 33.3 Å². The Hall–Kier alpha value is -0.970. The summed E-state index contributed by atoms with van der Waals surface area (Å²) in [5.74, 6) is 0. The fourth-order valence-corrected chi connectivity index (χ4v) is 3.13. The van der Waals surface area contributed by atoms with Crippen molar-refractivity contribution in [2.24, 2.45) is 5.73 Å². The topological polar surface area (TPSA) is 55.6 Å². The van der Waals surface area contributed by atoms with Gasteiger partial charge in [0.2, 0.25) is 0 Å². The van der Waals surface area contributed by atoms with E-state index >= 15 is 0 Å². The normalized spacial score (nSPS) is 22.0. The van der Waals surface area contributed by atoms with Crippen molar-refractivity contribution in [3.8, 4) is 0 Å². The Kier molecular flexibility index (Phi) is 4.67. The Bertz CT molecular complexity index is 599. The maximum atomic E-state index is 12.2. The fraction of sp³-hybridized carbons (Fsp3) is 0.562. The van der Waals surface area contributed by atoms with Gasteiger partial charge >= 0.3 is 6.09 Å². The molecule has 0 radical (unpaired) electrons. The van der Waals surface area contributed by atoms with Crippen molar-refractivity contribution in [1.82, 2.24) is 4.90 Å². The third-order valence-corrected chi connectivity index (χ3v) is 4.74. The highest BCUT2D eigenvalue weighted by Gasteiger charge is 2.41. The number of hydrogen-bond acceptors (Lipinski definition) is 3. The molecule has 122 valence electrons. The van der Waals surface area contributed by atoms with Gasteiger partial charge in [0.1, 0.15) is 5.60 Å². The van der Waals surface area contributed by atoms with Crippen molar-refractivity contribution < 1.29 is 9.53 Å². The smallest absolute Gasteiger partial charge is 0.410 e. The van der Waals surface area contributed by atoms with Crippen molar-refractivity contribution >= 4 is 29.3 Å². The molecule has 0 spiro atoms. The van der Waals surface area contributed by atoms with Gasteiger partial charge in [-0.1, -0.05) is 35.3 Å². The standard InChI is InChI=1S/C16H22Cl2N2O2/c1-10-5-6-11(13(18)12(10)17)16(19)7-8-20(9-16)14(21)22-15(2,3)4/h5-6H,7-9,19H2,1-4H3/t16-/m1/s1. The number of aryl methyl sites for hydroxylation is 1. The number of carbonyl (C=O) groups excluding carboxylic acids is 1. The van der Waals surface area contributed by atoms with E-state index in [0.717, 1.165) is 11.1 Å². The number of amides is 1. The first-order chi connectivity index (χ1) is 10.0.